The minimum absolute atomic E-state index is 0.0489. The number of carbonyl (C=O) groups is 1. The molecule has 0 saturated heterocycles. The first kappa shape index (κ1) is 18.6. The fourth-order valence-corrected chi connectivity index (χ4v) is 2.28. The molecule has 0 fully saturated rings. The molecule has 3 aromatic rings. The Morgan fingerprint density at radius 1 is 1.30 bits per heavy atom. The molecule has 0 aliphatic rings. The van der Waals surface area contributed by atoms with E-state index >= 15 is 0 Å². The zero-order chi connectivity index (χ0) is 19.4. The van der Waals surface area contributed by atoms with Gasteiger partial charge in [0, 0.05) is 17.2 Å². The molecular weight excluding hydrogens is 346 g/mol. The summed E-state index contributed by atoms with van der Waals surface area (Å²) in [6.45, 7) is 8.64. The lowest BCUT2D eigenvalue weighted by molar-refractivity contribution is 0.0941. The predicted octanol–water partition coefficient (Wildman–Crippen LogP) is 2.91. The third-order valence-electron chi connectivity index (χ3n) is 3.90. The van der Waals surface area contributed by atoms with Gasteiger partial charge in [-0.1, -0.05) is 25.9 Å². The number of rotatable bonds is 6. The summed E-state index contributed by atoms with van der Waals surface area (Å²) in [7, 11) is 0. The summed E-state index contributed by atoms with van der Waals surface area (Å²) in [5.74, 6) is 0.753. The van der Waals surface area contributed by atoms with E-state index in [0.29, 0.717) is 18.1 Å². The minimum Gasteiger partial charge on any atom is -0.484 e. The SMILES string of the molecule is Cc1ccc(OCc2cc(C(=O)NCc3cc(C(C)(C)C)n[nH]3)no2)cn1. The van der Waals surface area contributed by atoms with Crippen molar-refractivity contribution in [3.63, 3.8) is 0 Å². The first-order valence-corrected chi connectivity index (χ1v) is 8.65. The van der Waals surface area contributed by atoms with Gasteiger partial charge in [0.15, 0.2) is 11.5 Å². The number of ether oxygens (including phenoxy) is 1. The highest BCUT2D eigenvalue weighted by Crippen LogP contribution is 2.20. The number of amides is 1. The molecule has 2 N–H and O–H groups in total. The molecule has 0 spiro atoms. The van der Waals surface area contributed by atoms with Gasteiger partial charge in [-0.05, 0) is 25.1 Å². The third-order valence-corrected chi connectivity index (χ3v) is 3.90. The molecule has 1 amide bonds. The van der Waals surface area contributed by atoms with Gasteiger partial charge in [-0.25, -0.2) is 0 Å². The van der Waals surface area contributed by atoms with Gasteiger partial charge in [-0.3, -0.25) is 14.9 Å². The lowest BCUT2D eigenvalue weighted by Gasteiger charge is -2.13. The van der Waals surface area contributed by atoms with E-state index in [1.165, 1.54) is 0 Å². The van der Waals surface area contributed by atoms with Gasteiger partial charge in [-0.2, -0.15) is 5.10 Å². The first-order chi connectivity index (χ1) is 12.8. The summed E-state index contributed by atoms with van der Waals surface area (Å²) < 4.78 is 10.7. The summed E-state index contributed by atoms with van der Waals surface area (Å²) in [6, 6.07) is 7.18. The summed E-state index contributed by atoms with van der Waals surface area (Å²) in [5.41, 5.74) is 2.83. The van der Waals surface area contributed by atoms with Crippen LogP contribution >= 0.6 is 0 Å². The number of aromatic amines is 1. The topological polar surface area (TPSA) is 106 Å². The molecule has 142 valence electrons. The standard InChI is InChI=1S/C19H23N5O3/c1-12-5-6-14(10-20-12)26-11-15-8-16(24-27-15)18(25)21-9-13-7-17(23-22-13)19(2,3)4/h5-8,10H,9,11H2,1-4H3,(H,21,25)(H,22,23). The number of nitrogens with one attached hydrogen (secondary N) is 2. The highest BCUT2D eigenvalue weighted by molar-refractivity contribution is 5.92. The van der Waals surface area contributed by atoms with Crippen LogP contribution in [0.3, 0.4) is 0 Å². The number of hydrogen-bond acceptors (Lipinski definition) is 6. The molecule has 0 aromatic carbocycles. The second-order valence-electron chi connectivity index (χ2n) is 7.31. The number of aryl methyl sites for hydroxylation is 1. The fraction of sp³-hybridized carbons (Fsp3) is 0.368. The highest BCUT2D eigenvalue weighted by Gasteiger charge is 2.18. The van der Waals surface area contributed by atoms with Crippen molar-refractivity contribution in [3.05, 3.63) is 59.0 Å². The van der Waals surface area contributed by atoms with Crippen molar-refractivity contribution in [3.8, 4) is 5.75 Å². The molecule has 0 atom stereocenters. The summed E-state index contributed by atoms with van der Waals surface area (Å²) in [6.07, 6.45) is 1.63. The van der Waals surface area contributed by atoms with E-state index in [4.69, 9.17) is 9.26 Å². The Labute approximate surface area is 157 Å². The van der Waals surface area contributed by atoms with Crippen LogP contribution in [0.2, 0.25) is 0 Å². The van der Waals surface area contributed by atoms with E-state index in [-0.39, 0.29) is 23.6 Å². The van der Waals surface area contributed by atoms with Crippen LogP contribution in [0.5, 0.6) is 5.75 Å². The van der Waals surface area contributed by atoms with Crippen molar-refractivity contribution in [2.45, 2.75) is 46.3 Å². The van der Waals surface area contributed by atoms with Gasteiger partial charge < -0.3 is 14.6 Å². The predicted molar refractivity (Wildman–Crippen MR) is 98.3 cm³/mol. The average Bonchev–Trinajstić information content (AvgIpc) is 3.28. The first-order valence-electron chi connectivity index (χ1n) is 8.65. The van der Waals surface area contributed by atoms with E-state index in [1.807, 2.05) is 25.1 Å². The van der Waals surface area contributed by atoms with Crippen LogP contribution in [0.1, 0.15) is 54.1 Å². The smallest absolute Gasteiger partial charge is 0.273 e. The normalized spacial score (nSPS) is 11.4. The minimum atomic E-state index is -0.325. The molecule has 3 rings (SSSR count). The van der Waals surface area contributed by atoms with Crippen LogP contribution in [-0.2, 0) is 18.6 Å². The lowest BCUT2D eigenvalue weighted by atomic mass is 9.92. The van der Waals surface area contributed by atoms with Crippen LogP contribution in [0, 0.1) is 6.92 Å². The van der Waals surface area contributed by atoms with E-state index in [0.717, 1.165) is 17.1 Å². The van der Waals surface area contributed by atoms with Crippen LogP contribution in [-0.4, -0.2) is 26.2 Å². The van der Waals surface area contributed by atoms with Crippen molar-refractivity contribution < 1.29 is 14.1 Å². The number of H-pyrrole nitrogens is 1. The zero-order valence-corrected chi connectivity index (χ0v) is 15.9. The molecule has 0 aliphatic carbocycles. The number of carbonyl (C=O) groups excluding carboxylic acids is 1. The Kier molecular flexibility index (Phi) is 5.25. The molecule has 27 heavy (non-hydrogen) atoms. The molecule has 0 unspecified atom stereocenters. The van der Waals surface area contributed by atoms with Crippen LogP contribution in [0.4, 0.5) is 0 Å². The van der Waals surface area contributed by atoms with Gasteiger partial charge in [0.05, 0.1) is 24.1 Å². The number of aromatic nitrogens is 4. The molecule has 0 aliphatic heterocycles. The van der Waals surface area contributed by atoms with E-state index in [9.17, 15) is 4.79 Å². The number of nitrogens with zero attached hydrogens (tertiary/aromatic N) is 3. The summed E-state index contributed by atoms with van der Waals surface area (Å²) >= 11 is 0. The maximum absolute atomic E-state index is 12.2. The molecule has 8 nitrogen and oxygen atoms in total. The van der Waals surface area contributed by atoms with Gasteiger partial charge in [0.25, 0.3) is 5.91 Å². The van der Waals surface area contributed by atoms with E-state index < -0.39 is 0 Å². The maximum atomic E-state index is 12.2. The maximum Gasteiger partial charge on any atom is 0.273 e. The molecule has 0 radical (unpaired) electrons. The quantitative estimate of drug-likeness (QED) is 0.692. The molecule has 0 saturated carbocycles. The molecular formula is C19H23N5O3. The molecule has 3 heterocycles. The molecule has 8 heteroatoms. The van der Waals surface area contributed by atoms with E-state index in [1.54, 1.807) is 12.3 Å². The lowest BCUT2D eigenvalue weighted by Crippen LogP contribution is -2.23. The van der Waals surface area contributed by atoms with E-state index in [2.05, 4.69) is 46.4 Å². The van der Waals surface area contributed by atoms with Crippen molar-refractivity contribution in [2.75, 3.05) is 0 Å². The molecule has 0 bridgehead atoms. The van der Waals surface area contributed by atoms with Crippen LogP contribution in [0.25, 0.3) is 0 Å². The Hall–Kier alpha value is -3.16. The Bertz CT molecular complexity index is 906. The van der Waals surface area contributed by atoms with Gasteiger partial charge in [0.1, 0.15) is 12.4 Å². The fourth-order valence-electron chi connectivity index (χ4n) is 2.28. The van der Waals surface area contributed by atoms with Gasteiger partial charge in [0.2, 0.25) is 0 Å². The number of hydrogen-bond donors (Lipinski definition) is 2. The second kappa shape index (κ2) is 7.61. The van der Waals surface area contributed by atoms with Crippen molar-refractivity contribution in [1.82, 2.24) is 25.7 Å². The van der Waals surface area contributed by atoms with Gasteiger partial charge in [-0.15, -0.1) is 0 Å². The third kappa shape index (κ3) is 4.93. The Balaban J connectivity index is 1.52. The van der Waals surface area contributed by atoms with Crippen LogP contribution < -0.4 is 10.1 Å². The highest BCUT2D eigenvalue weighted by atomic mass is 16.5. The zero-order valence-electron chi connectivity index (χ0n) is 15.9. The summed E-state index contributed by atoms with van der Waals surface area (Å²) in [4.78, 5) is 16.4. The second-order valence-corrected chi connectivity index (χ2v) is 7.31. The average molecular weight is 369 g/mol. The Morgan fingerprint density at radius 3 is 2.78 bits per heavy atom. The van der Waals surface area contributed by atoms with Gasteiger partial charge >= 0.3 is 0 Å². The van der Waals surface area contributed by atoms with Crippen LogP contribution in [0.15, 0.2) is 35.0 Å². The molecule has 3 aromatic heterocycles. The van der Waals surface area contributed by atoms with Crippen molar-refractivity contribution in [2.24, 2.45) is 0 Å². The number of pyridine rings is 1. The van der Waals surface area contributed by atoms with Crippen molar-refractivity contribution >= 4 is 5.91 Å². The van der Waals surface area contributed by atoms with Crippen molar-refractivity contribution in [1.29, 1.82) is 0 Å². The monoisotopic (exact) mass is 369 g/mol. The Morgan fingerprint density at radius 2 is 2.11 bits per heavy atom. The summed E-state index contributed by atoms with van der Waals surface area (Å²) in [5, 5.41) is 13.8. The largest absolute Gasteiger partial charge is 0.484 e.